The zero-order chi connectivity index (χ0) is 13.1. The minimum Gasteiger partial charge on any atom is -0.389 e. The molecule has 0 unspecified atom stereocenters. The quantitative estimate of drug-likeness (QED) is 0.896. The van der Waals surface area contributed by atoms with Crippen LogP contribution >= 0.6 is 11.3 Å². The second kappa shape index (κ2) is 5.14. The van der Waals surface area contributed by atoms with Crippen LogP contribution in [0.4, 0.5) is 14.5 Å². The minimum atomic E-state index is -0.313. The predicted octanol–water partition coefficient (Wildman–Crippen LogP) is 2.88. The maximum absolute atomic E-state index is 12.8. The summed E-state index contributed by atoms with van der Waals surface area (Å²) in [5, 5.41) is 3.60. The molecule has 0 aliphatic carbocycles. The van der Waals surface area contributed by atoms with Crippen LogP contribution in [0, 0.1) is 5.82 Å². The van der Waals surface area contributed by atoms with E-state index < -0.39 is 0 Å². The summed E-state index contributed by atoms with van der Waals surface area (Å²) < 4.78 is 12.8. The molecule has 0 spiro atoms. The average Bonchev–Trinajstić information content (AvgIpc) is 2.71. The first kappa shape index (κ1) is 12.5. The van der Waals surface area contributed by atoms with Crippen molar-refractivity contribution >= 4 is 27.4 Å². The van der Waals surface area contributed by atoms with Gasteiger partial charge in [-0.25, -0.2) is 9.37 Å². The largest absolute Gasteiger partial charge is 0.389 e. The highest BCUT2D eigenvalue weighted by Crippen LogP contribution is 2.33. The molecule has 18 heavy (non-hydrogen) atoms. The Kier molecular flexibility index (Phi) is 3.57. The molecule has 1 aromatic heterocycles. The van der Waals surface area contributed by atoms with E-state index in [1.165, 1.54) is 23.5 Å². The van der Waals surface area contributed by atoms with Gasteiger partial charge in [0.15, 0.2) is 5.13 Å². The number of thiazole rings is 1. The molecule has 4 nitrogen and oxygen atoms in total. The molecule has 0 aliphatic rings. The Morgan fingerprint density at radius 2 is 2.11 bits per heavy atom. The second-order valence-corrected chi connectivity index (χ2v) is 4.67. The zero-order valence-corrected chi connectivity index (χ0v) is 10.6. The summed E-state index contributed by atoms with van der Waals surface area (Å²) in [6, 6.07) is 5.90. The number of anilines is 2. The molecule has 0 saturated heterocycles. The lowest BCUT2D eigenvalue weighted by Crippen LogP contribution is -2.08. The molecule has 1 heterocycles. The number of amides is 1. The highest BCUT2D eigenvalue weighted by atomic mass is 32.1. The summed E-state index contributed by atoms with van der Waals surface area (Å²) in [6.07, 6.45) is 0.380. The molecule has 1 amide bonds. The van der Waals surface area contributed by atoms with Crippen LogP contribution in [0.15, 0.2) is 24.3 Å². The lowest BCUT2D eigenvalue weighted by Gasteiger charge is -1.98. The predicted molar refractivity (Wildman–Crippen MR) is 70.8 cm³/mol. The molecule has 2 aromatic rings. The molecule has 0 aliphatic heterocycles. The third-order valence-corrected chi connectivity index (χ3v) is 3.14. The average molecular weight is 265 g/mol. The Balaban J connectivity index is 2.29. The number of nitrogens with one attached hydrogen (secondary N) is 1. The van der Waals surface area contributed by atoms with Crippen molar-refractivity contribution in [3.05, 3.63) is 30.1 Å². The standard InChI is InChI=1S/C12H12FN3OS/c1-2-9(17)15-12-16-10(11(14)18-12)7-3-5-8(13)6-4-7/h3-6H,2,14H2,1H3,(H,15,16,17). The number of carbonyl (C=O) groups excluding carboxylic acids is 1. The van der Waals surface area contributed by atoms with Crippen molar-refractivity contribution in [3.8, 4) is 11.3 Å². The van der Waals surface area contributed by atoms with Gasteiger partial charge in [-0.3, -0.25) is 4.79 Å². The molecule has 0 fully saturated rings. The number of nitrogen functional groups attached to an aromatic ring is 1. The fourth-order valence-electron chi connectivity index (χ4n) is 1.41. The van der Waals surface area contributed by atoms with Gasteiger partial charge in [-0.2, -0.15) is 0 Å². The lowest BCUT2D eigenvalue weighted by atomic mass is 10.1. The van der Waals surface area contributed by atoms with Crippen molar-refractivity contribution in [1.82, 2.24) is 4.98 Å². The first-order valence-electron chi connectivity index (χ1n) is 5.42. The first-order valence-corrected chi connectivity index (χ1v) is 6.24. The summed E-state index contributed by atoms with van der Waals surface area (Å²) in [6.45, 7) is 1.76. The molecule has 6 heteroatoms. The van der Waals surface area contributed by atoms with Gasteiger partial charge >= 0.3 is 0 Å². The second-order valence-electron chi connectivity index (χ2n) is 3.64. The zero-order valence-electron chi connectivity index (χ0n) is 9.74. The van der Waals surface area contributed by atoms with Crippen LogP contribution in [-0.4, -0.2) is 10.9 Å². The van der Waals surface area contributed by atoms with Crippen LogP contribution in [0.5, 0.6) is 0 Å². The topological polar surface area (TPSA) is 68.0 Å². The maximum atomic E-state index is 12.8. The number of nitrogens with zero attached hydrogens (tertiary/aromatic N) is 1. The van der Waals surface area contributed by atoms with Crippen molar-refractivity contribution in [1.29, 1.82) is 0 Å². The SMILES string of the molecule is CCC(=O)Nc1nc(-c2ccc(F)cc2)c(N)s1. The first-order chi connectivity index (χ1) is 8.60. The van der Waals surface area contributed by atoms with Gasteiger partial charge in [-0.05, 0) is 24.3 Å². The third kappa shape index (κ3) is 2.65. The number of carbonyl (C=O) groups is 1. The van der Waals surface area contributed by atoms with Gasteiger partial charge in [0, 0.05) is 12.0 Å². The summed E-state index contributed by atoms with van der Waals surface area (Å²) in [4.78, 5) is 15.5. The Morgan fingerprint density at radius 3 is 2.72 bits per heavy atom. The third-order valence-electron chi connectivity index (χ3n) is 2.34. The van der Waals surface area contributed by atoms with Gasteiger partial charge in [0.1, 0.15) is 16.5 Å². The fraction of sp³-hybridized carbons (Fsp3) is 0.167. The van der Waals surface area contributed by atoms with Crippen LogP contribution in [0.1, 0.15) is 13.3 Å². The van der Waals surface area contributed by atoms with Crippen LogP contribution in [0.3, 0.4) is 0 Å². The van der Waals surface area contributed by atoms with Crippen LogP contribution in [0.2, 0.25) is 0 Å². The number of rotatable bonds is 3. The van der Waals surface area contributed by atoms with Gasteiger partial charge < -0.3 is 11.1 Å². The monoisotopic (exact) mass is 265 g/mol. The maximum Gasteiger partial charge on any atom is 0.225 e. The Bertz CT molecular complexity index is 565. The van der Waals surface area contributed by atoms with Gasteiger partial charge in [0.25, 0.3) is 0 Å². The fourth-order valence-corrected chi connectivity index (χ4v) is 2.18. The van der Waals surface area contributed by atoms with Crippen LogP contribution in [0.25, 0.3) is 11.3 Å². The number of halogens is 1. The summed E-state index contributed by atoms with van der Waals surface area (Å²) in [5.41, 5.74) is 7.13. The summed E-state index contributed by atoms with van der Waals surface area (Å²) in [7, 11) is 0. The molecular weight excluding hydrogens is 253 g/mol. The molecule has 2 rings (SSSR count). The van der Waals surface area contributed by atoms with E-state index in [1.54, 1.807) is 19.1 Å². The molecule has 94 valence electrons. The van der Waals surface area contributed by atoms with E-state index in [9.17, 15) is 9.18 Å². The van der Waals surface area contributed by atoms with Crippen LogP contribution < -0.4 is 11.1 Å². The van der Waals surface area contributed by atoms with Crippen molar-refractivity contribution in [3.63, 3.8) is 0 Å². The van der Waals surface area contributed by atoms with Crippen molar-refractivity contribution in [2.45, 2.75) is 13.3 Å². The number of hydrogen-bond acceptors (Lipinski definition) is 4. The number of nitrogens with two attached hydrogens (primary N) is 1. The summed E-state index contributed by atoms with van der Waals surface area (Å²) >= 11 is 1.20. The summed E-state index contributed by atoms with van der Waals surface area (Å²) in [5.74, 6) is -0.429. The van der Waals surface area contributed by atoms with Crippen molar-refractivity contribution in [2.75, 3.05) is 11.1 Å². The smallest absolute Gasteiger partial charge is 0.225 e. The molecule has 1 aromatic carbocycles. The lowest BCUT2D eigenvalue weighted by molar-refractivity contribution is -0.115. The Morgan fingerprint density at radius 1 is 1.44 bits per heavy atom. The minimum absolute atomic E-state index is 0.116. The van der Waals surface area contributed by atoms with Crippen molar-refractivity contribution < 1.29 is 9.18 Å². The van der Waals surface area contributed by atoms with E-state index in [-0.39, 0.29) is 11.7 Å². The normalized spacial score (nSPS) is 10.3. The molecule has 0 atom stereocenters. The van der Waals surface area contributed by atoms with E-state index in [1.807, 2.05) is 0 Å². The van der Waals surface area contributed by atoms with Crippen molar-refractivity contribution in [2.24, 2.45) is 0 Å². The van der Waals surface area contributed by atoms with E-state index in [2.05, 4.69) is 10.3 Å². The van der Waals surface area contributed by atoms with Gasteiger partial charge in [-0.1, -0.05) is 18.3 Å². The van der Waals surface area contributed by atoms with E-state index in [0.717, 1.165) is 5.56 Å². The van der Waals surface area contributed by atoms with Gasteiger partial charge in [-0.15, -0.1) is 0 Å². The van der Waals surface area contributed by atoms with E-state index >= 15 is 0 Å². The van der Waals surface area contributed by atoms with E-state index in [4.69, 9.17) is 5.73 Å². The Labute approximate surface area is 108 Å². The molecular formula is C12H12FN3OS. The molecule has 3 N–H and O–H groups in total. The molecule has 0 bridgehead atoms. The number of hydrogen-bond donors (Lipinski definition) is 2. The number of benzene rings is 1. The van der Waals surface area contributed by atoms with E-state index in [0.29, 0.717) is 22.2 Å². The van der Waals surface area contributed by atoms with Gasteiger partial charge in [0.2, 0.25) is 5.91 Å². The van der Waals surface area contributed by atoms with Crippen LogP contribution in [-0.2, 0) is 4.79 Å². The number of aromatic nitrogens is 1. The molecule has 0 radical (unpaired) electrons. The van der Waals surface area contributed by atoms with Gasteiger partial charge in [0.05, 0.1) is 0 Å². The highest BCUT2D eigenvalue weighted by Gasteiger charge is 2.12. The highest BCUT2D eigenvalue weighted by molar-refractivity contribution is 7.20. The molecule has 0 saturated carbocycles. The Hall–Kier alpha value is -1.95.